The standard InChI is InChI=1S/C23H26FN5O2/c1-13(2)27-21(30)15-4-3-5-16(10-15)28-20-12-19(24)18(11-17(20)14-6-7-14)22(31)29-23-25-8-9-26-23/h3-5,10-14,28H,6-9H2,1-2H3,(H,27,30)(H2,25,26,29,31). The first-order valence-corrected chi connectivity index (χ1v) is 10.5. The third-order valence-corrected chi connectivity index (χ3v) is 5.13. The molecule has 2 aromatic carbocycles. The Hall–Kier alpha value is -3.42. The number of benzene rings is 2. The number of halogens is 1. The van der Waals surface area contributed by atoms with Gasteiger partial charge in [-0.25, -0.2) is 4.39 Å². The van der Waals surface area contributed by atoms with Gasteiger partial charge >= 0.3 is 0 Å². The van der Waals surface area contributed by atoms with Crippen LogP contribution in [-0.4, -0.2) is 36.9 Å². The number of hydrogen-bond acceptors (Lipinski definition) is 3. The molecule has 4 rings (SSSR count). The van der Waals surface area contributed by atoms with Crippen molar-refractivity contribution >= 4 is 29.1 Å². The highest BCUT2D eigenvalue weighted by Crippen LogP contribution is 2.45. The molecule has 2 fully saturated rings. The largest absolute Gasteiger partial charge is 0.355 e. The summed E-state index contributed by atoms with van der Waals surface area (Å²) >= 11 is 0. The molecule has 1 saturated heterocycles. The van der Waals surface area contributed by atoms with Crippen LogP contribution in [0.15, 0.2) is 41.4 Å². The lowest BCUT2D eigenvalue weighted by Gasteiger charge is -2.15. The maximum atomic E-state index is 14.9. The van der Waals surface area contributed by atoms with Crippen LogP contribution < -0.4 is 21.3 Å². The van der Waals surface area contributed by atoms with E-state index >= 15 is 0 Å². The molecule has 2 amide bonds. The van der Waals surface area contributed by atoms with E-state index in [0.717, 1.165) is 18.4 Å². The fourth-order valence-electron chi connectivity index (χ4n) is 3.50. The third-order valence-electron chi connectivity index (χ3n) is 5.13. The summed E-state index contributed by atoms with van der Waals surface area (Å²) in [7, 11) is 0. The Bertz CT molecular complexity index is 1040. The van der Waals surface area contributed by atoms with Crippen LogP contribution >= 0.6 is 0 Å². The van der Waals surface area contributed by atoms with Crippen LogP contribution in [-0.2, 0) is 0 Å². The van der Waals surface area contributed by atoms with Crippen molar-refractivity contribution in [2.45, 2.75) is 38.6 Å². The van der Waals surface area contributed by atoms with Crippen molar-refractivity contribution in [3.05, 3.63) is 58.9 Å². The zero-order valence-electron chi connectivity index (χ0n) is 17.6. The molecule has 1 heterocycles. The number of amides is 2. The Labute approximate surface area is 180 Å². The fraction of sp³-hybridized carbons (Fsp3) is 0.348. The fourth-order valence-corrected chi connectivity index (χ4v) is 3.50. The molecule has 8 heteroatoms. The molecule has 1 aliphatic heterocycles. The van der Waals surface area contributed by atoms with Gasteiger partial charge < -0.3 is 21.3 Å². The minimum atomic E-state index is -0.632. The van der Waals surface area contributed by atoms with Crippen molar-refractivity contribution < 1.29 is 14.0 Å². The third kappa shape index (κ3) is 5.02. The molecule has 31 heavy (non-hydrogen) atoms. The normalized spacial score (nSPS) is 15.3. The Morgan fingerprint density at radius 3 is 2.55 bits per heavy atom. The highest BCUT2D eigenvalue weighted by Gasteiger charge is 2.29. The monoisotopic (exact) mass is 423 g/mol. The second-order valence-electron chi connectivity index (χ2n) is 8.15. The Balaban J connectivity index is 1.60. The minimum absolute atomic E-state index is 0.0305. The number of carbonyl (C=O) groups excluding carboxylic acids is 2. The summed E-state index contributed by atoms with van der Waals surface area (Å²) in [6.07, 6.45) is 1.98. The summed E-state index contributed by atoms with van der Waals surface area (Å²) in [5.41, 5.74) is 2.64. The molecule has 2 aliphatic rings. The molecule has 0 aromatic heterocycles. The average Bonchev–Trinajstić information content (AvgIpc) is 3.44. The smallest absolute Gasteiger partial charge is 0.283 e. The van der Waals surface area contributed by atoms with Gasteiger partial charge in [0.1, 0.15) is 5.82 Å². The average molecular weight is 423 g/mol. The van der Waals surface area contributed by atoms with Gasteiger partial charge in [-0.05, 0) is 68.5 Å². The Kier molecular flexibility index (Phi) is 5.88. The summed E-state index contributed by atoms with van der Waals surface area (Å²) in [6, 6.07) is 10.0. The molecular formula is C23H26FN5O2. The van der Waals surface area contributed by atoms with Crippen LogP contribution in [0.3, 0.4) is 0 Å². The number of nitrogens with zero attached hydrogens (tertiary/aromatic N) is 1. The van der Waals surface area contributed by atoms with Gasteiger partial charge in [0.2, 0.25) is 0 Å². The van der Waals surface area contributed by atoms with E-state index in [-0.39, 0.29) is 23.4 Å². The first-order chi connectivity index (χ1) is 14.9. The van der Waals surface area contributed by atoms with Crippen LogP contribution in [0.5, 0.6) is 0 Å². The molecule has 4 N–H and O–H groups in total. The highest BCUT2D eigenvalue weighted by atomic mass is 19.1. The molecular weight excluding hydrogens is 397 g/mol. The molecule has 0 radical (unpaired) electrons. The second-order valence-corrected chi connectivity index (χ2v) is 8.15. The number of carbonyl (C=O) groups is 2. The molecule has 1 aliphatic carbocycles. The predicted molar refractivity (Wildman–Crippen MR) is 118 cm³/mol. The molecule has 0 spiro atoms. The topological polar surface area (TPSA) is 94.6 Å². The van der Waals surface area contributed by atoms with E-state index in [2.05, 4.69) is 26.3 Å². The van der Waals surface area contributed by atoms with E-state index in [1.807, 2.05) is 19.9 Å². The number of nitrogens with one attached hydrogen (secondary N) is 4. The van der Waals surface area contributed by atoms with Gasteiger partial charge in [-0.2, -0.15) is 4.99 Å². The van der Waals surface area contributed by atoms with E-state index in [4.69, 9.17) is 0 Å². The minimum Gasteiger partial charge on any atom is -0.355 e. The number of hydrogen-bond donors (Lipinski definition) is 4. The van der Waals surface area contributed by atoms with Crippen molar-refractivity contribution in [3.63, 3.8) is 0 Å². The van der Waals surface area contributed by atoms with Gasteiger partial charge in [-0.15, -0.1) is 0 Å². The van der Waals surface area contributed by atoms with Crippen LogP contribution in [0.4, 0.5) is 15.8 Å². The lowest BCUT2D eigenvalue weighted by molar-refractivity contribution is 0.0942. The molecule has 1 saturated carbocycles. The highest BCUT2D eigenvalue weighted by molar-refractivity contribution is 6.03. The molecule has 2 aromatic rings. The maximum absolute atomic E-state index is 14.9. The van der Waals surface area contributed by atoms with Crippen molar-refractivity contribution in [2.75, 3.05) is 18.4 Å². The predicted octanol–water partition coefficient (Wildman–Crippen LogP) is 3.27. The molecule has 0 bridgehead atoms. The lowest BCUT2D eigenvalue weighted by atomic mass is 10.0. The van der Waals surface area contributed by atoms with E-state index in [9.17, 15) is 14.0 Å². The number of aliphatic imine (C=N–C) groups is 1. The van der Waals surface area contributed by atoms with Gasteiger partial charge in [0.15, 0.2) is 5.96 Å². The van der Waals surface area contributed by atoms with Gasteiger partial charge in [0.25, 0.3) is 11.8 Å². The number of guanidine groups is 1. The maximum Gasteiger partial charge on any atom is 0.283 e. The zero-order valence-corrected chi connectivity index (χ0v) is 17.6. The van der Waals surface area contributed by atoms with Crippen LogP contribution in [0.2, 0.25) is 0 Å². The summed E-state index contributed by atoms with van der Waals surface area (Å²) in [5, 5.41) is 12.0. The van der Waals surface area contributed by atoms with E-state index in [1.54, 1.807) is 24.3 Å². The van der Waals surface area contributed by atoms with Crippen molar-refractivity contribution in [3.8, 4) is 0 Å². The van der Waals surface area contributed by atoms with Gasteiger partial charge in [-0.3, -0.25) is 9.59 Å². The van der Waals surface area contributed by atoms with Crippen molar-refractivity contribution in [1.82, 2.24) is 16.0 Å². The summed E-state index contributed by atoms with van der Waals surface area (Å²) in [5.74, 6) is -0.766. The summed E-state index contributed by atoms with van der Waals surface area (Å²) in [6.45, 7) is 5.16. The Morgan fingerprint density at radius 1 is 1.13 bits per heavy atom. The van der Waals surface area contributed by atoms with Gasteiger partial charge in [0.05, 0.1) is 5.56 Å². The van der Waals surface area contributed by atoms with Gasteiger partial charge in [-0.1, -0.05) is 6.07 Å². The van der Waals surface area contributed by atoms with Crippen LogP contribution in [0.25, 0.3) is 0 Å². The SMILES string of the molecule is CC(C)NC(=O)c1cccc(Nc2cc(F)c(C(=O)N=C3NCCN3)cc2C2CC2)c1. The second kappa shape index (κ2) is 8.75. The number of anilines is 2. The van der Waals surface area contributed by atoms with Gasteiger partial charge in [0, 0.05) is 36.1 Å². The first-order valence-electron chi connectivity index (χ1n) is 10.5. The summed E-state index contributed by atoms with van der Waals surface area (Å²) < 4.78 is 14.9. The van der Waals surface area contributed by atoms with Crippen molar-refractivity contribution in [1.29, 1.82) is 0 Å². The lowest BCUT2D eigenvalue weighted by Crippen LogP contribution is -2.30. The first kappa shape index (κ1) is 20.8. The number of rotatable bonds is 6. The quantitative estimate of drug-likeness (QED) is 0.572. The molecule has 7 nitrogen and oxygen atoms in total. The molecule has 162 valence electrons. The van der Waals surface area contributed by atoms with E-state index in [1.165, 1.54) is 6.07 Å². The Morgan fingerprint density at radius 2 is 1.87 bits per heavy atom. The molecule has 0 unspecified atom stereocenters. The summed E-state index contributed by atoms with van der Waals surface area (Å²) in [4.78, 5) is 28.8. The van der Waals surface area contributed by atoms with E-state index in [0.29, 0.717) is 36.0 Å². The zero-order chi connectivity index (χ0) is 22.0. The van der Waals surface area contributed by atoms with Crippen molar-refractivity contribution in [2.24, 2.45) is 4.99 Å². The van der Waals surface area contributed by atoms with Crippen LogP contribution in [0.1, 0.15) is 58.9 Å². The van der Waals surface area contributed by atoms with E-state index < -0.39 is 11.7 Å². The molecule has 0 atom stereocenters. The van der Waals surface area contributed by atoms with Crippen LogP contribution in [0, 0.1) is 5.82 Å².